The van der Waals surface area contributed by atoms with Gasteiger partial charge in [-0.05, 0) is 41.8 Å². The highest BCUT2D eigenvalue weighted by molar-refractivity contribution is 6.30. The second-order valence-corrected chi connectivity index (χ2v) is 7.37. The summed E-state index contributed by atoms with van der Waals surface area (Å²) in [6, 6.07) is 26.5. The fourth-order valence-electron chi connectivity index (χ4n) is 3.13. The van der Waals surface area contributed by atoms with Crippen LogP contribution >= 0.6 is 11.6 Å². The third kappa shape index (κ3) is 5.49. The van der Waals surface area contributed by atoms with Crippen LogP contribution in [0.1, 0.15) is 33.7 Å². The zero-order valence-electron chi connectivity index (χ0n) is 16.7. The van der Waals surface area contributed by atoms with Gasteiger partial charge in [0.25, 0.3) is 0 Å². The minimum absolute atomic E-state index is 0.0723. The van der Waals surface area contributed by atoms with E-state index in [0.29, 0.717) is 17.5 Å². The maximum absolute atomic E-state index is 12.5. The molecule has 4 aromatic rings. The lowest BCUT2D eigenvalue weighted by molar-refractivity contribution is 0.0917. The highest BCUT2D eigenvalue weighted by Gasteiger charge is 2.23. The topological polar surface area (TPSA) is 80.0 Å². The number of benzene rings is 3. The van der Waals surface area contributed by atoms with Crippen molar-refractivity contribution < 1.29 is 9.21 Å². The summed E-state index contributed by atoms with van der Waals surface area (Å²) in [6.45, 7) is 0.476. The first-order chi connectivity index (χ1) is 15.2. The number of anilines is 1. The Morgan fingerprint density at radius 2 is 1.58 bits per heavy atom. The number of para-hydroxylation sites is 1. The Morgan fingerprint density at radius 1 is 0.903 bits per heavy atom. The van der Waals surface area contributed by atoms with E-state index in [2.05, 4.69) is 20.8 Å². The molecule has 6 nitrogen and oxygen atoms in total. The molecule has 7 heteroatoms. The second kappa shape index (κ2) is 9.91. The average molecular weight is 433 g/mol. The van der Waals surface area contributed by atoms with Crippen LogP contribution in [0.5, 0.6) is 0 Å². The molecule has 0 aliphatic rings. The molecule has 1 amide bonds. The van der Waals surface area contributed by atoms with Gasteiger partial charge in [0.2, 0.25) is 5.89 Å². The van der Waals surface area contributed by atoms with Crippen molar-refractivity contribution in [3.63, 3.8) is 0 Å². The molecule has 0 radical (unpaired) electrons. The molecule has 31 heavy (non-hydrogen) atoms. The summed E-state index contributed by atoms with van der Waals surface area (Å²) in [5.74, 6) is -0.180. The van der Waals surface area contributed by atoms with Gasteiger partial charge in [0.15, 0.2) is 0 Å². The van der Waals surface area contributed by atoms with Crippen LogP contribution in [-0.4, -0.2) is 22.6 Å². The van der Waals surface area contributed by atoms with Crippen LogP contribution in [0.2, 0.25) is 5.02 Å². The first-order valence-corrected chi connectivity index (χ1v) is 10.3. The first-order valence-electron chi connectivity index (χ1n) is 9.91. The molecule has 0 bridgehead atoms. The highest BCUT2D eigenvalue weighted by atomic mass is 35.5. The van der Waals surface area contributed by atoms with Gasteiger partial charge in [-0.15, -0.1) is 10.2 Å². The third-order valence-corrected chi connectivity index (χ3v) is 4.96. The fraction of sp³-hybridized carbons (Fsp3) is 0.125. The Balaban J connectivity index is 1.48. The van der Waals surface area contributed by atoms with Gasteiger partial charge < -0.3 is 15.1 Å². The van der Waals surface area contributed by atoms with E-state index in [0.717, 1.165) is 23.2 Å². The summed E-state index contributed by atoms with van der Waals surface area (Å²) in [5, 5.41) is 14.9. The molecular formula is C24H21ClN4O2. The summed E-state index contributed by atoms with van der Waals surface area (Å²) in [7, 11) is 0. The Bertz CT molecular complexity index is 1120. The van der Waals surface area contributed by atoms with Crippen molar-refractivity contribution in [3.8, 4) is 0 Å². The Labute approximate surface area is 185 Å². The predicted octanol–water partition coefficient (Wildman–Crippen LogP) is 4.90. The monoisotopic (exact) mass is 432 g/mol. The van der Waals surface area contributed by atoms with Crippen molar-refractivity contribution in [2.75, 3.05) is 11.9 Å². The molecule has 4 rings (SSSR count). The number of nitrogens with zero attached hydrogens (tertiary/aromatic N) is 2. The molecule has 0 aliphatic carbocycles. The van der Waals surface area contributed by atoms with Crippen molar-refractivity contribution in [1.29, 1.82) is 0 Å². The molecule has 3 aromatic carbocycles. The fourth-order valence-corrected chi connectivity index (χ4v) is 3.25. The van der Waals surface area contributed by atoms with Gasteiger partial charge in [-0.2, -0.15) is 0 Å². The zero-order valence-corrected chi connectivity index (χ0v) is 17.4. The Hall–Kier alpha value is -3.64. The highest BCUT2D eigenvalue weighted by Crippen LogP contribution is 2.27. The number of amides is 1. The van der Waals surface area contributed by atoms with E-state index >= 15 is 0 Å². The Kier molecular flexibility index (Phi) is 6.59. The van der Waals surface area contributed by atoms with Crippen molar-refractivity contribution in [2.24, 2.45) is 0 Å². The van der Waals surface area contributed by atoms with Crippen LogP contribution in [0.15, 0.2) is 89.3 Å². The number of hydrogen-bond acceptors (Lipinski definition) is 5. The van der Waals surface area contributed by atoms with E-state index in [1.807, 2.05) is 72.8 Å². The lowest BCUT2D eigenvalue weighted by Gasteiger charge is -2.17. The number of carbonyl (C=O) groups excluding carboxylic acids is 1. The quantitative estimate of drug-likeness (QED) is 0.414. The van der Waals surface area contributed by atoms with Crippen LogP contribution in [-0.2, 0) is 6.42 Å². The van der Waals surface area contributed by atoms with E-state index in [1.54, 1.807) is 12.1 Å². The number of halogens is 1. The van der Waals surface area contributed by atoms with Crippen LogP contribution in [0, 0.1) is 0 Å². The molecule has 156 valence electrons. The molecule has 1 aromatic heterocycles. The van der Waals surface area contributed by atoms with Crippen molar-refractivity contribution in [3.05, 3.63) is 113 Å². The number of carbonyl (C=O) groups is 1. The summed E-state index contributed by atoms with van der Waals surface area (Å²) in [6.07, 6.45) is 0.719. The number of aromatic nitrogens is 2. The number of nitrogens with one attached hydrogen (secondary N) is 2. The summed E-state index contributed by atoms with van der Waals surface area (Å²) in [4.78, 5) is 12.5. The summed E-state index contributed by atoms with van der Waals surface area (Å²) < 4.78 is 5.74. The molecule has 0 saturated heterocycles. The zero-order chi connectivity index (χ0) is 21.5. The van der Waals surface area contributed by atoms with E-state index < -0.39 is 11.9 Å². The molecular weight excluding hydrogens is 412 g/mol. The van der Waals surface area contributed by atoms with Crippen molar-refractivity contribution in [1.82, 2.24) is 15.5 Å². The molecule has 2 N–H and O–H groups in total. The van der Waals surface area contributed by atoms with Crippen LogP contribution in [0.4, 0.5) is 5.69 Å². The summed E-state index contributed by atoms with van der Waals surface area (Å²) in [5.41, 5.74) is 2.91. The van der Waals surface area contributed by atoms with Crippen LogP contribution < -0.4 is 10.6 Å². The average Bonchev–Trinajstić information content (AvgIpc) is 3.30. The SMILES string of the molecule is O=C(NCCc1ccccc1)c1nnc([C@@H](Nc2ccccc2)c2ccc(Cl)cc2)o1. The van der Waals surface area contributed by atoms with Crippen LogP contribution in [0.25, 0.3) is 0 Å². The molecule has 1 heterocycles. The van der Waals surface area contributed by atoms with E-state index in [1.165, 1.54) is 0 Å². The maximum atomic E-state index is 12.5. The first kappa shape index (κ1) is 20.6. The van der Waals surface area contributed by atoms with Gasteiger partial charge in [0.05, 0.1) is 0 Å². The smallest absolute Gasteiger partial charge is 0.308 e. The maximum Gasteiger partial charge on any atom is 0.308 e. The van der Waals surface area contributed by atoms with Gasteiger partial charge in [-0.25, -0.2) is 0 Å². The van der Waals surface area contributed by atoms with Gasteiger partial charge in [-0.1, -0.05) is 72.3 Å². The molecule has 0 saturated carbocycles. The standard InChI is InChI=1S/C24H21ClN4O2/c25-19-13-11-18(12-14-19)21(27-20-9-5-2-6-10-20)23-28-29-24(31-23)22(30)26-16-15-17-7-3-1-4-8-17/h1-14,21,27H,15-16H2,(H,26,30)/t21-/m0/s1. The van der Waals surface area contributed by atoms with E-state index in [4.69, 9.17) is 16.0 Å². The largest absolute Gasteiger partial charge is 0.414 e. The minimum Gasteiger partial charge on any atom is -0.414 e. The third-order valence-electron chi connectivity index (χ3n) is 4.71. The summed E-state index contributed by atoms with van der Waals surface area (Å²) >= 11 is 6.04. The van der Waals surface area contributed by atoms with Gasteiger partial charge in [0, 0.05) is 17.3 Å². The van der Waals surface area contributed by atoms with Gasteiger partial charge >= 0.3 is 11.8 Å². The number of hydrogen-bond donors (Lipinski definition) is 2. The normalized spacial score (nSPS) is 11.6. The van der Waals surface area contributed by atoms with E-state index in [9.17, 15) is 4.79 Å². The minimum atomic E-state index is -0.432. The molecule has 0 aliphatic heterocycles. The second-order valence-electron chi connectivity index (χ2n) is 6.93. The Morgan fingerprint density at radius 3 is 2.29 bits per heavy atom. The van der Waals surface area contributed by atoms with Crippen molar-refractivity contribution in [2.45, 2.75) is 12.5 Å². The van der Waals surface area contributed by atoms with Gasteiger partial charge in [-0.3, -0.25) is 4.79 Å². The molecule has 0 unspecified atom stereocenters. The lowest BCUT2D eigenvalue weighted by atomic mass is 10.1. The van der Waals surface area contributed by atoms with Crippen LogP contribution in [0.3, 0.4) is 0 Å². The number of rotatable bonds is 8. The van der Waals surface area contributed by atoms with Crippen molar-refractivity contribution >= 4 is 23.2 Å². The van der Waals surface area contributed by atoms with E-state index in [-0.39, 0.29) is 5.89 Å². The molecule has 0 spiro atoms. The van der Waals surface area contributed by atoms with Gasteiger partial charge in [0.1, 0.15) is 6.04 Å². The molecule has 0 fully saturated rings. The molecule has 1 atom stereocenters. The predicted molar refractivity (Wildman–Crippen MR) is 120 cm³/mol. The lowest BCUT2D eigenvalue weighted by Crippen LogP contribution is -2.26.